The smallest absolute Gasteiger partial charge is 0.0615 e. The molecule has 0 aromatic heterocycles. The van der Waals surface area contributed by atoms with Gasteiger partial charge in [-0.2, -0.15) is 11.8 Å². The van der Waals surface area contributed by atoms with Gasteiger partial charge in [-0.25, -0.2) is 0 Å². The third-order valence-corrected chi connectivity index (χ3v) is 4.01. The summed E-state index contributed by atoms with van der Waals surface area (Å²) in [5.74, 6) is 1.31. The van der Waals surface area contributed by atoms with E-state index in [1.54, 1.807) is 7.11 Å². The molecule has 1 heterocycles. The Morgan fingerprint density at radius 2 is 2.38 bits per heavy atom. The standard InChI is InChI=1S/C10H21NOS/c1-4-9(7-12-3)11-10-5-6-13-8(10)2/h8-11H,4-7H2,1-3H3. The summed E-state index contributed by atoms with van der Waals surface area (Å²) in [6.45, 7) is 5.36. The van der Waals surface area contributed by atoms with Crippen molar-refractivity contribution < 1.29 is 4.74 Å². The SMILES string of the molecule is CCC(COC)NC1CCSC1C. The van der Waals surface area contributed by atoms with E-state index in [1.165, 1.54) is 12.2 Å². The van der Waals surface area contributed by atoms with E-state index in [9.17, 15) is 0 Å². The van der Waals surface area contributed by atoms with Gasteiger partial charge in [0, 0.05) is 24.4 Å². The van der Waals surface area contributed by atoms with Crippen LogP contribution in [0.3, 0.4) is 0 Å². The first kappa shape index (κ1) is 11.3. The van der Waals surface area contributed by atoms with Crippen molar-refractivity contribution in [2.45, 2.75) is 44.0 Å². The number of hydrogen-bond acceptors (Lipinski definition) is 3. The second-order valence-electron chi connectivity index (χ2n) is 3.70. The number of methoxy groups -OCH3 is 1. The van der Waals surface area contributed by atoms with Crippen LogP contribution < -0.4 is 5.32 Å². The zero-order chi connectivity index (χ0) is 9.68. The minimum absolute atomic E-state index is 0.538. The van der Waals surface area contributed by atoms with Gasteiger partial charge in [-0.05, 0) is 18.6 Å². The lowest BCUT2D eigenvalue weighted by Gasteiger charge is -2.23. The van der Waals surface area contributed by atoms with Gasteiger partial charge in [-0.15, -0.1) is 0 Å². The molecule has 3 heteroatoms. The van der Waals surface area contributed by atoms with Crippen molar-refractivity contribution in [3.8, 4) is 0 Å². The molecule has 3 atom stereocenters. The van der Waals surface area contributed by atoms with Gasteiger partial charge >= 0.3 is 0 Å². The highest BCUT2D eigenvalue weighted by molar-refractivity contribution is 8.00. The van der Waals surface area contributed by atoms with Gasteiger partial charge in [0.15, 0.2) is 0 Å². The van der Waals surface area contributed by atoms with Crippen molar-refractivity contribution in [1.29, 1.82) is 0 Å². The fourth-order valence-electron chi connectivity index (χ4n) is 1.74. The van der Waals surface area contributed by atoms with Gasteiger partial charge in [0.1, 0.15) is 0 Å². The van der Waals surface area contributed by atoms with Crippen molar-refractivity contribution >= 4 is 11.8 Å². The number of rotatable bonds is 5. The molecule has 78 valence electrons. The minimum atomic E-state index is 0.538. The Labute approximate surface area is 85.8 Å². The van der Waals surface area contributed by atoms with E-state index in [4.69, 9.17) is 4.74 Å². The monoisotopic (exact) mass is 203 g/mol. The zero-order valence-corrected chi connectivity index (χ0v) is 9.69. The molecular weight excluding hydrogens is 182 g/mol. The maximum Gasteiger partial charge on any atom is 0.0615 e. The summed E-state index contributed by atoms with van der Waals surface area (Å²) in [4.78, 5) is 0. The van der Waals surface area contributed by atoms with Crippen molar-refractivity contribution in [1.82, 2.24) is 5.32 Å². The molecule has 0 aromatic rings. The van der Waals surface area contributed by atoms with E-state index >= 15 is 0 Å². The molecular formula is C10H21NOS. The third kappa shape index (κ3) is 3.49. The lowest BCUT2D eigenvalue weighted by atomic mass is 10.1. The molecule has 0 amide bonds. The Morgan fingerprint density at radius 3 is 2.85 bits per heavy atom. The van der Waals surface area contributed by atoms with Crippen LogP contribution in [0, 0.1) is 0 Å². The summed E-state index contributed by atoms with van der Waals surface area (Å²) in [5.41, 5.74) is 0. The second kappa shape index (κ2) is 5.89. The van der Waals surface area contributed by atoms with Crippen LogP contribution in [0.15, 0.2) is 0 Å². The summed E-state index contributed by atoms with van der Waals surface area (Å²) in [6, 6.07) is 1.24. The molecule has 1 N–H and O–H groups in total. The van der Waals surface area contributed by atoms with Crippen LogP contribution in [0.2, 0.25) is 0 Å². The van der Waals surface area contributed by atoms with Crippen LogP contribution in [0.1, 0.15) is 26.7 Å². The topological polar surface area (TPSA) is 21.3 Å². The number of thioether (sulfide) groups is 1. The predicted molar refractivity (Wildman–Crippen MR) is 59.4 cm³/mol. The van der Waals surface area contributed by atoms with Crippen LogP contribution in [0.4, 0.5) is 0 Å². The number of ether oxygens (including phenoxy) is 1. The minimum Gasteiger partial charge on any atom is -0.383 e. The highest BCUT2D eigenvalue weighted by Gasteiger charge is 2.25. The van der Waals surface area contributed by atoms with E-state index in [0.717, 1.165) is 18.3 Å². The molecule has 3 unspecified atom stereocenters. The lowest BCUT2D eigenvalue weighted by Crippen LogP contribution is -2.43. The fourth-order valence-corrected chi connectivity index (χ4v) is 2.95. The van der Waals surface area contributed by atoms with Crippen LogP contribution in [-0.4, -0.2) is 36.8 Å². The molecule has 1 fully saturated rings. The van der Waals surface area contributed by atoms with E-state index < -0.39 is 0 Å². The molecule has 0 saturated carbocycles. The summed E-state index contributed by atoms with van der Waals surface area (Å²) < 4.78 is 5.17. The summed E-state index contributed by atoms with van der Waals surface area (Å²) in [5, 5.41) is 4.44. The Morgan fingerprint density at radius 1 is 1.62 bits per heavy atom. The zero-order valence-electron chi connectivity index (χ0n) is 8.88. The van der Waals surface area contributed by atoms with Crippen LogP contribution in [0.25, 0.3) is 0 Å². The highest BCUT2D eigenvalue weighted by Crippen LogP contribution is 2.26. The quantitative estimate of drug-likeness (QED) is 0.737. The second-order valence-corrected chi connectivity index (χ2v) is 5.18. The van der Waals surface area contributed by atoms with Crippen molar-refractivity contribution in [3.63, 3.8) is 0 Å². The van der Waals surface area contributed by atoms with Gasteiger partial charge in [0.2, 0.25) is 0 Å². The molecule has 1 saturated heterocycles. The van der Waals surface area contributed by atoms with Gasteiger partial charge in [-0.3, -0.25) is 0 Å². The Hall–Kier alpha value is 0.270. The van der Waals surface area contributed by atoms with Crippen LogP contribution in [-0.2, 0) is 4.74 Å². The maximum absolute atomic E-state index is 5.17. The lowest BCUT2D eigenvalue weighted by molar-refractivity contribution is 0.158. The number of hydrogen-bond donors (Lipinski definition) is 1. The average molecular weight is 203 g/mol. The predicted octanol–water partition coefficient (Wildman–Crippen LogP) is 1.90. The first-order valence-electron chi connectivity index (χ1n) is 5.14. The molecule has 0 radical (unpaired) electrons. The Balaban J connectivity index is 2.27. The van der Waals surface area contributed by atoms with Crippen molar-refractivity contribution in [2.24, 2.45) is 0 Å². The molecule has 0 aliphatic carbocycles. The first-order chi connectivity index (χ1) is 6.27. The summed E-state index contributed by atoms with van der Waals surface area (Å²) >= 11 is 2.07. The molecule has 13 heavy (non-hydrogen) atoms. The van der Waals surface area contributed by atoms with Crippen molar-refractivity contribution in [2.75, 3.05) is 19.5 Å². The van der Waals surface area contributed by atoms with Crippen LogP contribution >= 0.6 is 11.8 Å². The van der Waals surface area contributed by atoms with Gasteiger partial charge < -0.3 is 10.1 Å². The Kier molecular flexibility index (Phi) is 5.14. The van der Waals surface area contributed by atoms with Gasteiger partial charge in [0.05, 0.1) is 6.61 Å². The Bertz CT molecular complexity index is 143. The van der Waals surface area contributed by atoms with E-state index in [-0.39, 0.29) is 0 Å². The van der Waals surface area contributed by atoms with Gasteiger partial charge in [-0.1, -0.05) is 13.8 Å². The normalized spacial score (nSPS) is 30.7. The fraction of sp³-hybridized carbons (Fsp3) is 1.00. The first-order valence-corrected chi connectivity index (χ1v) is 6.19. The van der Waals surface area contributed by atoms with E-state index in [0.29, 0.717) is 12.1 Å². The number of nitrogens with one attached hydrogen (secondary N) is 1. The van der Waals surface area contributed by atoms with Crippen molar-refractivity contribution in [3.05, 3.63) is 0 Å². The third-order valence-electron chi connectivity index (χ3n) is 2.69. The van der Waals surface area contributed by atoms with E-state index in [1.807, 2.05) is 0 Å². The summed E-state index contributed by atoms with van der Waals surface area (Å²) in [7, 11) is 1.77. The highest BCUT2D eigenvalue weighted by atomic mass is 32.2. The molecule has 0 bridgehead atoms. The average Bonchev–Trinajstić information content (AvgIpc) is 2.51. The molecule has 0 aromatic carbocycles. The van der Waals surface area contributed by atoms with Crippen LogP contribution in [0.5, 0.6) is 0 Å². The molecule has 1 aliphatic rings. The largest absolute Gasteiger partial charge is 0.383 e. The summed E-state index contributed by atoms with van der Waals surface area (Å²) in [6.07, 6.45) is 2.47. The molecule has 0 spiro atoms. The van der Waals surface area contributed by atoms with Gasteiger partial charge in [0.25, 0.3) is 0 Å². The molecule has 1 rings (SSSR count). The molecule has 1 aliphatic heterocycles. The maximum atomic E-state index is 5.17. The molecule has 2 nitrogen and oxygen atoms in total. The van der Waals surface area contributed by atoms with E-state index in [2.05, 4.69) is 30.9 Å².